The second-order valence-electron chi connectivity index (χ2n) is 7.81. The van der Waals surface area contributed by atoms with E-state index >= 15 is 0 Å². The number of amides is 2. The van der Waals surface area contributed by atoms with Gasteiger partial charge in [0.05, 0.1) is 0 Å². The molecule has 0 radical (unpaired) electrons. The minimum absolute atomic E-state index is 0.0187. The number of urea groups is 1. The van der Waals surface area contributed by atoms with Crippen molar-refractivity contribution >= 4 is 11.7 Å². The molecule has 2 fully saturated rings. The summed E-state index contributed by atoms with van der Waals surface area (Å²) < 4.78 is 0. The van der Waals surface area contributed by atoms with Gasteiger partial charge in [-0.2, -0.15) is 0 Å². The van der Waals surface area contributed by atoms with Crippen molar-refractivity contribution in [2.24, 2.45) is 5.92 Å². The molecule has 0 bridgehead atoms. The Hall–Kier alpha value is -1.75. The lowest BCUT2D eigenvalue weighted by Crippen LogP contribution is -2.41. The van der Waals surface area contributed by atoms with Crippen LogP contribution in [0.15, 0.2) is 30.3 Å². The molecular formula is C21H34N4O. The minimum Gasteiger partial charge on any atom is -0.371 e. The first-order chi connectivity index (χ1) is 12.7. The maximum atomic E-state index is 12.0. The number of nitrogens with one attached hydrogen (secondary N) is 2. The highest BCUT2D eigenvalue weighted by Crippen LogP contribution is 2.22. The van der Waals surface area contributed by atoms with Gasteiger partial charge >= 0.3 is 6.03 Å². The first-order valence-electron chi connectivity index (χ1n) is 10.3. The SMILES string of the molecule is C[C@H]1CCCCN1CCCNC(=O)NC[C@@H]1CCN(c2ccccc2)C1. The normalized spacial score (nSPS) is 23.8. The molecular weight excluding hydrogens is 324 g/mol. The summed E-state index contributed by atoms with van der Waals surface area (Å²) in [6.07, 6.45) is 6.17. The van der Waals surface area contributed by atoms with E-state index in [2.05, 4.69) is 57.7 Å². The van der Waals surface area contributed by atoms with Crippen LogP contribution in [0.25, 0.3) is 0 Å². The summed E-state index contributed by atoms with van der Waals surface area (Å²) in [5.74, 6) is 0.537. The molecule has 1 aromatic rings. The van der Waals surface area contributed by atoms with Crippen molar-refractivity contribution in [1.29, 1.82) is 0 Å². The molecule has 1 aromatic carbocycles. The summed E-state index contributed by atoms with van der Waals surface area (Å²) in [7, 11) is 0. The molecule has 5 heteroatoms. The minimum atomic E-state index is -0.0187. The summed E-state index contributed by atoms with van der Waals surface area (Å²) in [5, 5.41) is 6.07. The van der Waals surface area contributed by atoms with Crippen LogP contribution in [0.2, 0.25) is 0 Å². The second kappa shape index (κ2) is 9.81. The molecule has 0 spiro atoms. The fraction of sp³-hybridized carbons (Fsp3) is 0.667. The lowest BCUT2D eigenvalue weighted by atomic mass is 10.0. The Morgan fingerprint density at radius 2 is 1.96 bits per heavy atom. The molecule has 2 amide bonds. The highest BCUT2D eigenvalue weighted by molar-refractivity contribution is 5.73. The van der Waals surface area contributed by atoms with E-state index in [9.17, 15) is 4.79 Å². The van der Waals surface area contributed by atoms with Gasteiger partial charge in [-0.1, -0.05) is 24.6 Å². The Balaban J connectivity index is 1.26. The number of para-hydroxylation sites is 1. The topological polar surface area (TPSA) is 47.6 Å². The number of hydrogen-bond donors (Lipinski definition) is 2. The van der Waals surface area contributed by atoms with E-state index in [0.717, 1.165) is 45.6 Å². The monoisotopic (exact) mass is 358 g/mol. The quantitative estimate of drug-likeness (QED) is 0.737. The van der Waals surface area contributed by atoms with Crippen LogP contribution in [0.4, 0.5) is 10.5 Å². The average Bonchev–Trinajstić information content (AvgIpc) is 3.15. The molecule has 2 atom stereocenters. The van der Waals surface area contributed by atoms with Gasteiger partial charge < -0.3 is 20.4 Å². The Morgan fingerprint density at radius 3 is 2.77 bits per heavy atom. The molecule has 0 saturated carbocycles. The van der Waals surface area contributed by atoms with E-state index in [1.54, 1.807) is 0 Å². The Bertz CT molecular complexity index is 550. The highest BCUT2D eigenvalue weighted by Gasteiger charge is 2.23. The number of likely N-dealkylation sites (tertiary alicyclic amines) is 1. The van der Waals surface area contributed by atoms with Gasteiger partial charge in [-0.3, -0.25) is 0 Å². The molecule has 0 unspecified atom stereocenters. The number of anilines is 1. The van der Waals surface area contributed by atoms with Gasteiger partial charge in [-0.25, -0.2) is 4.79 Å². The lowest BCUT2D eigenvalue weighted by molar-refractivity contribution is 0.159. The number of hydrogen-bond acceptors (Lipinski definition) is 3. The molecule has 26 heavy (non-hydrogen) atoms. The van der Waals surface area contributed by atoms with Crippen LogP contribution in [0.1, 0.15) is 39.0 Å². The van der Waals surface area contributed by atoms with E-state index in [4.69, 9.17) is 0 Å². The number of nitrogens with zero attached hydrogens (tertiary/aromatic N) is 2. The van der Waals surface area contributed by atoms with Crippen LogP contribution in [0, 0.1) is 5.92 Å². The predicted molar refractivity (Wildman–Crippen MR) is 108 cm³/mol. The first kappa shape index (κ1) is 19.0. The van der Waals surface area contributed by atoms with Crippen molar-refractivity contribution < 1.29 is 4.79 Å². The van der Waals surface area contributed by atoms with E-state index in [-0.39, 0.29) is 6.03 Å². The zero-order valence-electron chi connectivity index (χ0n) is 16.1. The van der Waals surface area contributed by atoms with E-state index < -0.39 is 0 Å². The fourth-order valence-corrected chi connectivity index (χ4v) is 4.15. The third-order valence-corrected chi connectivity index (χ3v) is 5.81. The third kappa shape index (κ3) is 5.63. The number of piperidine rings is 1. The van der Waals surface area contributed by atoms with Gasteiger partial charge in [0.2, 0.25) is 0 Å². The van der Waals surface area contributed by atoms with Crippen molar-refractivity contribution in [2.45, 2.75) is 45.1 Å². The van der Waals surface area contributed by atoms with Gasteiger partial charge in [-0.15, -0.1) is 0 Å². The van der Waals surface area contributed by atoms with Crippen LogP contribution in [-0.2, 0) is 0 Å². The molecule has 2 heterocycles. The number of carbonyl (C=O) groups is 1. The molecule has 2 saturated heterocycles. The maximum Gasteiger partial charge on any atom is 0.314 e. The van der Waals surface area contributed by atoms with Crippen molar-refractivity contribution in [1.82, 2.24) is 15.5 Å². The van der Waals surface area contributed by atoms with Crippen molar-refractivity contribution in [3.63, 3.8) is 0 Å². The Kier molecular flexibility index (Phi) is 7.18. The molecule has 144 valence electrons. The summed E-state index contributed by atoms with van der Waals surface area (Å²) in [6, 6.07) is 11.2. The van der Waals surface area contributed by atoms with E-state index in [1.807, 2.05) is 0 Å². The van der Waals surface area contributed by atoms with Crippen molar-refractivity contribution in [2.75, 3.05) is 44.2 Å². The number of rotatable bonds is 7. The first-order valence-corrected chi connectivity index (χ1v) is 10.3. The molecule has 5 nitrogen and oxygen atoms in total. The standard InChI is InChI=1S/C21H34N4O/c1-18-8-5-6-13-24(18)14-7-12-22-21(26)23-16-19-11-15-25(17-19)20-9-3-2-4-10-20/h2-4,9-10,18-19H,5-8,11-17H2,1H3,(H2,22,23,26)/t18-,19-/m0/s1. The predicted octanol–water partition coefficient (Wildman–Crippen LogP) is 3.08. The number of carbonyl (C=O) groups excluding carboxylic acids is 1. The lowest BCUT2D eigenvalue weighted by Gasteiger charge is -2.33. The Morgan fingerprint density at radius 1 is 1.12 bits per heavy atom. The summed E-state index contributed by atoms with van der Waals surface area (Å²) >= 11 is 0. The highest BCUT2D eigenvalue weighted by atomic mass is 16.2. The van der Waals surface area contributed by atoms with E-state index in [0.29, 0.717) is 12.0 Å². The molecule has 0 aromatic heterocycles. The molecule has 2 aliphatic heterocycles. The summed E-state index contributed by atoms with van der Waals surface area (Å²) in [5.41, 5.74) is 1.28. The van der Waals surface area contributed by atoms with Gasteiger partial charge in [0.15, 0.2) is 0 Å². The fourth-order valence-electron chi connectivity index (χ4n) is 4.15. The summed E-state index contributed by atoms with van der Waals surface area (Å²) in [6.45, 7) is 8.25. The zero-order chi connectivity index (χ0) is 18.2. The van der Waals surface area contributed by atoms with Crippen LogP contribution >= 0.6 is 0 Å². The second-order valence-corrected chi connectivity index (χ2v) is 7.81. The number of benzene rings is 1. The summed E-state index contributed by atoms with van der Waals surface area (Å²) in [4.78, 5) is 17.0. The van der Waals surface area contributed by atoms with Crippen LogP contribution in [0.5, 0.6) is 0 Å². The van der Waals surface area contributed by atoms with Crippen LogP contribution in [0.3, 0.4) is 0 Å². The Labute approximate surface area is 158 Å². The van der Waals surface area contributed by atoms with E-state index in [1.165, 1.54) is 31.5 Å². The maximum absolute atomic E-state index is 12.0. The van der Waals surface area contributed by atoms with Crippen LogP contribution in [-0.4, -0.2) is 56.2 Å². The van der Waals surface area contributed by atoms with Crippen molar-refractivity contribution in [3.05, 3.63) is 30.3 Å². The van der Waals surface area contributed by atoms with Crippen molar-refractivity contribution in [3.8, 4) is 0 Å². The van der Waals surface area contributed by atoms with Gasteiger partial charge in [0, 0.05) is 44.5 Å². The largest absolute Gasteiger partial charge is 0.371 e. The molecule has 2 aliphatic rings. The molecule has 2 N–H and O–H groups in total. The van der Waals surface area contributed by atoms with Crippen LogP contribution < -0.4 is 15.5 Å². The smallest absolute Gasteiger partial charge is 0.314 e. The zero-order valence-corrected chi connectivity index (χ0v) is 16.1. The molecule has 3 rings (SSSR count). The van der Waals surface area contributed by atoms with Gasteiger partial charge in [0.25, 0.3) is 0 Å². The average molecular weight is 359 g/mol. The third-order valence-electron chi connectivity index (χ3n) is 5.81. The van der Waals surface area contributed by atoms with Gasteiger partial charge in [0.1, 0.15) is 0 Å². The van der Waals surface area contributed by atoms with Gasteiger partial charge in [-0.05, 0) is 57.2 Å². The molecule has 0 aliphatic carbocycles.